The maximum Gasteiger partial charge on any atom is 0.335 e. The number of carboxylic acids is 4. The Morgan fingerprint density at radius 2 is 0.887 bits per heavy atom. The first-order chi connectivity index (χ1) is 71.6. The number of hydrogen-bond donors (Lipinski definition) is 22. The van der Waals surface area contributed by atoms with Crippen LogP contribution in [0.3, 0.4) is 0 Å². The van der Waals surface area contributed by atoms with Crippen molar-refractivity contribution < 1.29 is 121 Å². The predicted molar refractivity (Wildman–Crippen MR) is 545 cm³/mol. The molecule has 0 saturated carbocycles. The van der Waals surface area contributed by atoms with Crippen LogP contribution in [0.25, 0.3) is 44.1 Å². The van der Waals surface area contributed by atoms with Crippen LogP contribution < -0.4 is 75.3 Å². The van der Waals surface area contributed by atoms with Gasteiger partial charge in [0.05, 0.1) is 42.8 Å². The molecular formula is C107H121FN18O24. The Balaban J connectivity index is 0.929. The van der Waals surface area contributed by atoms with Gasteiger partial charge in [-0.05, 0) is 187 Å². The molecule has 2 saturated heterocycles. The number of amides is 14. The van der Waals surface area contributed by atoms with Crippen LogP contribution in [-0.2, 0) is 104 Å². The number of carbonyl (C=O) groups excluding carboxylic acids is 14. The number of aromatic hydroxyl groups is 1. The molecule has 14 atom stereocenters. The van der Waals surface area contributed by atoms with E-state index in [0.717, 1.165) is 22.9 Å². The highest BCUT2D eigenvalue weighted by molar-refractivity contribution is 6.03. The molecule has 0 radical (unpaired) electrons. The van der Waals surface area contributed by atoms with E-state index in [1.165, 1.54) is 105 Å². The molecule has 8 aromatic carbocycles. The SMILES string of the molecule is CC(C)C[C@@H]1NC(=O)[C@H](CCCCN)NC(=O)[C@H](Cc2ccc(-c3ccc(C(=O)O)cc3)cc2)NC(=O)CNC(=O)[C@@H](C)N(C)C(=O)[C@H](CC(=O)O)NC(=O)[C@H]([C@@H](C)c2c[nH]c3cccc(F)c23)NC(=O)[C@@H]2C[C@@H](N)CN2C(=O)CNC(=O)[C@H](Cc2ccc(C(=O)O)cc2)NC(=O)[C@H](Cc2c[nH]c3ccccc23)NC(=O)[C@H](Cc2ccc(-c3ccc(C(=O)O)cc3)cc2)NC(=O)[C@H](CCc2ccc(O)cc2)NC(=O)[C@@H](CO)NC1=O. The minimum atomic E-state index is -2.09. The number of phenolic OH excluding ortho intramolecular Hbond substituents is 1. The van der Waals surface area contributed by atoms with Gasteiger partial charge in [0.25, 0.3) is 0 Å². The number of fused-ring (bicyclic) bond motifs is 3. The molecular weight excluding hydrogens is 1940 g/mol. The third kappa shape index (κ3) is 29.9. The number of benzene rings is 8. The van der Waals surface area contributed by atoms with Crippen LogP contribution in [-0.4, -0.2) is 275 Å². The van der Waals surface area contributed by atoms with Crippen LogP contribution in [0.2, 0.25) is 0 Å². The lowest BCUT2D eigenvalue weighted by Crippen LogP contribution is -2.61. The maximum absolute atomic E-state index is 16.1. The number of halogens is 1. The largest absolute Gasteiger partial charge is 0.508 e. The zero-order chi connectivity index (χ0) is 108. The second-order valence-corrected chi connectivity index (χ2v) is 37.6. The molecule has 0 unspecified atom stereocenters. The number of nitrogens with two attached hydrogens (primary N) is 2. The number of nitrogens with zero attached hydrogens (tertiary/aromatic N) is 2. The van der Waals surface area contributed by atoms with Gasteiger partial charge in [-0.15, -0.1) is 0 Å². The van der Waals surface area contributed by atoms with Crippen molar-refractivity contribution in [1.29, 1.82) is 0 Å². The van der Waals surface area contributed by atoms with Crippen molar-refractivity contribution in [2.75, 3.05) is 39.8 Å². The molecule has 42 nitrogen and oxygen atoms in total. The number of carboxylic acid groups (broad SMARTS) is 4. The van der Waals surface area contributed by atoms with E-state index in [4.69, 9.17) is 11.5 Å². The summed E-state index contributed by atoms with van der Waals surface area (Å²) < 4.78 is 16.1. The molecule has 10 aromatic rings. The summed E-state index contributed by atoms with van der Waals surface area (Å²) in [7, 11) is 1.07. The molecule has 150 heavy (non-hydrogen) atoms. The zero-order valence-electron chi connectivity index (χ0n) is 82.7. The molecule has 0 spiro atoms. The molecule has 14 amide bonds. The Hall–Kier alpha value is -17.1. The van der Waals surface area contributed by atoms with Crippen LogP contribution in [0.15, 0.2) is 200 Å². The number of aromatic amines is 2. The number of aromatic nitrogens is 2. The summed E-state index contributed by atoms with van der Waals surface area (Å²) in [6, 6.07) is 24.8. The minimum absolute atomic E-state index is 0.000359. The van der Waals surface area contributed by atoms with Gasteiger partial charge in [-0.1, -0.05) is 142 Å². The molecule has 2 fully saturated rings. The summed E-state index contributed by atoms with van der Waals surface area (Å²) in [4.78, 5) is 269. The predicted octanol–water partition coefficient (Wildman–Crippen LogP) is 3.14. The van der Waals surface area contributed by atoms with Gasteiger partial charge < -0.3 is 126 Å². The molecule has 12 rings (SSSR count). The van der Waals surface area contributed by atoms with Crippen LogP contribution in [0, 0.1) is 11.7 Å². The van der Waals surface area contributed by atoms with Crippen LogP contribution in [0.1, 0.15) is 143 Å². The average molecular weight is 2060 g/mol. The van der Waals surface area contributed by atoms with Crippen molar-refractivity contribution >= 4 is 128 Å². The van der Waals surface area contributed by atoms with Gasteiger partial charge in [0.15, 0.2) is 0 Å². The highest BCUT2D eigenvalue weighted by Crippen LogP contribution is 2.33. The molecule has 790 valence electrons. The van der Waals surface area contributed by atoms with E-state index in [9.17, 15) is 69.0 Å². The number of phenols is 1. The van der Waals surface area contributed by atoms with Crippen LogP contribution in [0.5, 0.6) is 5.75 Å². The molecule has 2 aliphatic rings. The molecule has 2 aromatic heterocycles. The monoisotopic (exact) mass is 2060 g/mol. The summed E-state index contributed by atoms with van der Waals surface area (Å²) in [6.07, 6.45) is -0.444. The third-order valence-corrected chi connectivity index (χ3v) is 26.4. The Bertz CT molecular complexity index is 6620. The quantitative estimate of drug-likeness (QED) is 0.0329. The summed E-state index contributed by atoms with van der Waals surface area (Å²) in [6.45, 7) is 2.64. The van der Waals surface area contributed by atoms with Crippen molar-refractivity contribution in [3.63, 3.8) is 0 Å². The number of carbonyl (C=O) groups is 18. The van der Waals surface area contributed by atoms with Gasteiger partial charge in [-0.25, -0.2) is 18.8 Å². The third-order valence-electron chi connectivity index (χ3n) is 26.4. The Morgan fingerprint density at radius 1 is 0.447 bits per heavy atom. The van der Waals surface area contributed by atoms with E-state index < -0.39 is 248 Å². The number of nitrogens with one attached hydrogen (secondary N) is 14. The Labute approximate surface area is 859 Å². The van der Waals surface area contributed by atoms with Gasteiger partial charge in [0.2, 0.25) is 82.7 Å². The highest BCUT2D eigenvalue weighted by Gasteiger charge is 2.44. The number of unbranched alkanes of at least 4 members (excludes halogenated alkanes) is 1. The molecule has 2 aliphatic heterocycles. The van der Waals surface area contributed by atoms with E-state index in [1.54, 1.807) is 117 Å². The zero-order valence-corrected chi connectivity index (χ0v) is 82.7. The lowest BCUT2D eigenvalue weighted by molar-refractivity contribution is -0.146. The average Bonchev–Trinajstić information content (AvgIpc) is 1.63. The lowest BCUT2D eigenvalue weighted by atomic mass is 9.91. The minimum Gasteiger partial charge on any atom is -0.508 e. The van der Waals surface area contributed by atoms with Crippen molar-refractivity contribution in [2.45, 2.75) is 189 Å². The number of aliphatic hydroxyl groups excluding tert-OH is 1. The standard InChI is InChI=1S/C107H121FN18O24/c1-56(2)43-80-97(137)123-86(55-127)101(141)117-79(41-24-59-22-39-72(128)40-23-59)96(136)120-83(46-61-18-27-64(28-19-61)66-33-37-69(38-34-66)107(149)150)99(139)121-84(47-70-50-111-76-13-7-6-11-73(70)76)100(140)119-81(44-62-20-29-67(30-21-62)105(145)146)94(134)114-53-89(130)126-54-71(110)48-87(126)102(142)124-92(57(3)74-51-112-77-15-10-12-75(108)91(74)77)103(143)122-85(49-90(131)132)104(144)125(5)58(4)93(133)113-52-88(129)115-82(98(138)116-78(95(135)118-80)14-8-9-42-109)45-60-16-25-63(26-17-60)65-31-35-68(36-32-65)106(147)148/h6-7,10-13,15-23,25-40,50-51,56-58,71,78-87,92,111-112,127-128H,8-9,14,24,41-49,52-55,109-110H2,1-5H3,(H,113,133)(H,114,134)(H,115,129)(H,116,138)(H,117,141)(H,118,135)(H,119,140)(H,120,136)(H,121,139)(H,122,143)(H,123,137)(H,124,142)(H,131,132)(H,145,146)(H,147,148)(H,149,150)/t57-,58+,71+,78-,79-,80-,81-,82-,83-,84-,85-,86+,87-,92-/m0/s1. The first-order valence-corrected chi connectivity index (χ1v) is 48.8. The number of rotatable bonds is 27. The Morgan fingerprint density at radius 3 is 1.42 bits per heavy atom. The van der Waals surface area contributed by atoms with Gasteiger partial charge in [-0.3, -0.25) is 71.9 Å². The van der Waals surface area contributed by atoms with Gasteiger partial charge in [-0.2, -0.15) is 0 Å². The maximum atomic E-state index is 16.1. The van der Waals surface area contributed by atoms with Gasteiger partial charge in [0.1, 0.15) is 84.1 Å². The van der Waals surface area contributed by atoms with Crippen LogP contribution >= 0.6 is 0 Å². The molecule has 4 heterocycles. The summed E-state index contributed by atoms with van der Waals surface area (Å²) in [5.74, 6) is -23.2. The number of aliphatic hydroxyl groups is 1. The van der Waals surface area contributed by atoms with E-state index in [2.05, 4.69) is 73.8 Å². The fourth-order valence-electron chi connectivity index (χ4n) is 17.9. The number of aliphatic carboxylic acids is 1. The first kappa shape index (κ1) is 112. The number of aryl methyl sites for hydroxylation is 1. The molecule has 0 bridgehead atoms. The van der Waals surface area contributed by atoms with Gasteiger partial charge in [0, 0.05) is 85.4 Å². The first-order valence-electron chi connectivity index (χ1n) is 48.8. The summed E-state index contributed by atoms with van der Waals surface area (Å²) in [5, 5.41) is 93.0. The second kappa shape index (κ2) is 51.8. The van der Waals surface area contributed by atoms with E-state index in [1.807, 2.05) is 0 Å². The summed E-state index contributed by atoms with van der Waals surface area (Å²) in [5.41, 5.74) is 17.4. The topological polar surface area (TPSA) is 663 Å². The lowest BCUT2D eigenvalue weighted by Gasteiger charge is -2.31. The molecule has 24 N–H and O–H groups in total. The van der Waals surface area contributed by atoms with E-state index in [0.29, 0.717) is 55.4 Å². The smallest absolute Gasteiger partial charge is 0.335 e. The van der Waals surface area contributed by atoms with Crippen LogP contribution in [0.4, 0.5) is 4.39 Å². The van der Waals surface area contributed by atoms with Crippen molar-refractivity contribution in [3.8, 4) is 28.0 Å². The normalized spacial score (nSPS) is 21.8. The number of hydrogen-bond acceptors (Lipinski definition) is 22. The number of likely N-dealkylation sites (N-methyl/N-ethyl adjacent to an activating group) is 1. The molecule has 43 heteroatoms. The fraction of sp³-hybridized carbons (Fsp3) is 0.346. The van der Waals surface area contributed by atoms with E-state index in [-0.39, 0.29) is 109 Å². The number of H-pyrrole nitrogens is 2. The van der Waals surface area contributed by atoms with E-state index >= 15 is 52.3 Å². The van der Waals surface area contributed by atoms with Gasteiger partial charge >= 0.3 is 23.9 Å². The highest BCUT2D eigenvalue weighted by atomic mass is 19.1. The fourth-order valence-corrected chi connectivity index (χ4v) is 17.9. The summed E-state index contributed by atoms with van der Waals surface area (Å²) >= 11 is 0. The second-order valence-electron chi connectivity index (χ2n) is 37.6. The van der Waals surface area contributed by atoms with Crippen molar-refractivity contribution in [1.82, 2.24) is 83.6 Å². The number of aromatic carboxylic acids is 3. The Kier molecular flexibility index (Phi) is 38.6. The van der Waals surface area contributed by atoms with Crippen molar-refractivity contribution in [2.24, 2.45) is 17.4 Å². The number of para-hydroxylation sites is 1. The molecule has 0 aliphatic carbocycles. The van der Waals surface area contributed by atoms with Crippen molar-refractivity contribution in [3.05, 3.63) is 256 Å².